The molecule has 0 aliphatic heterocycles. The third-order valence-electron chi connectivity index (χ3n) is 3.56. The lowest BCUT2D eigenvalue weighted by Gasteiger charge is -2.02. The van der Waals surface area contributed by atoms with Crippen LogP contribution in [0.4, 0.5) is 4.39 Å². The number of carbonyl (C=O) groups is 1. The van der Waals surface area contributed by atoms with Crippen LogP contribution in [0.15, 0.2) is 48.5 Å². The van der Waals surface area contributed by atoms with Crippen molar-refractivity contribution in [2.45, 2.75) is 13.5 Å². The fourth-order valence-electron chi connectivity index (χ4n) is 2.14. The molecule has 0 radical (unpaired) electrons. The molecule has 132 valence electrons. The summed E-state index contributed by atoms with van der Waals surface area (Å²) in [7, 11) is 0. The van der Waals surface area contributed by atoms with E-state index >= 15 is 0 Å². The smallest absolute Gasteiger partial charge is 0.282 e. The van der Waals surface area contributed by atoms with Crippen molar-refractivity contribution in [3.8, 4) is 0 Å². The van der Waals surface area contributed by atoms with E-state index in [-0.39, 0.29) is 23.3 Å². The molecule has 1 amide bonds. The summed E-state index contributed by atoms with van der Waals surface area (Å²) in [5, 5.41) is 11.7. The topological polar surface area (TPSA) is 54.9 Å². The summed E-state index contributed by atoms with van der Waals surface area (Å²) in [6.45, 7) is 2.29. The number of hydrogen-bond acceptors (Lipinski definition) is 4. The van der Waals surface area contributed by atoms with Crippen molar-refractivity contribution < 1.29 is 9.18 Å². The van der Waals surface area contributed by atoms with Gasteiger partial charge in [-0.25, -0.2) is 4.39 Å². The maximum absolute atomic E-state index is 12.9. The number of nitrogens with one attached hydrogen (secondary N) is 1. The molecule has 26 heavy (non-hydrogen) atoms. The first-order chi connectivity index (χ1) is 12.5. The molecule has 0 spiro atoms. The largest absolute Gasteiger partial charge is 0.346 e. The fraction of sp³-hybridized carbons (Fsp3) is 0.105. The molecule has 0 aliphatic rings. The highest BCUT2D eigenvalue weighted by atomic mass is 35.5. The third-order valence-corrected chi connectivity index (χ3v) is 4.92. The Bertz CT molecular complexity index is 936. The quantitative estimate of drug-likeness (QED) is 0.693. The Hall–Kier alpha value is -2.57. The molecule has 0 saturated heterocycles. The van der Waals surface area contributed by atoms with Gasteiger partial charge in [0.1, 0.15) is 5.82 Å². The number of rotatable bonds is 5. The van der Waals surface area contributed by atoms with Crippen LogP contribution < -0.4 is 5.32 Å². The van der Waals surface area contributed by atoms with E-state index in [1.54, 1.807) is 18.2 Å². The molecule has 2 aromatic carbocycles. The molecule has 1 heterocycles. The number of aromatic nitrogens is 2. The number of carbonyl (C=O) groups excluding carboxylic acids is 1. The molecule has 0 fully saturated rings. The molecule has 0 atom stereocenters. The van der Waals surface area contributed by atoms with E-state index in [4.69, 9.17) is 11.6 Å². The molecule has 0 saturated carbocycles. The second kappa shape index (κ2) is 8.21. The maximum atomic E-state index is 12.9. The zero-order chi connectivity index (χ0) is 18.5. The van der Waals surface area contributed by atoms with Gasteiger partial charge in [-0.05, 0) is 36.3 Å². The van der Waals surface area contributed by atoms with E-state index in [2.05, 4.69) is 15.5 Å². The average molecular weight is 388 g/mol. The molecular weight excluding hydrogens is 373 g/mol. The van der Waals surface area contributed by atoms with Crippen LogP contribution in [0.1, 0.15) is 31.5 Å². The van der Waals surface area contributed by atoms with Crippen LogP contribution in [0.5, 0.6) is 0 Å². The van der Waals surface area contributed by atoms with Gasteiger partial charge < -0.3 is 5.32 Å². The monoisotopic (exact) mass is 387 g/mol. The molecule has 0 unspecified atom stereocenters. The summed E-state index contributed by atoms with van der Waals surface area (Å²) in [5.41, 5.74) is 2.90. The fourth-order valence-corrected chi connectivity index (χ4v) is 3.09. The van der Waals surface area contributed by atoms with Gasteiger partial charge in [0.05, 0.1) is 5.03 Å². The van der Waals surface area contributed by atoms with E-state index < -0.39 is 0 Å². The minimum absolute atomic E-state index is 0.220. The Labute approximate surface area is 159 Å². The number of aryl methyl sites for hydroxylation is 1. The van der Waals surface area contributed by atoms with Crippen molar-refractivity contribution in [1.82, 2.24) is 15.5 Å². The molecular formula is C19H15ClFN3OS. The Morgan fingerprint density at radius 2 is 1.77 bits per heavy atom. The molecule has 7 heteroatoms. The van der Waals surface area contributed by atoms with Crippen molar-refractivity contribution >= 4 is 40.0 Å². The zero-order valence-electron chi connectivity index (χ0n) is 13.9. The SMILES string of the molecule is Cc1ccc(/C=C(\Cl)c2nnc(C(=O)NCc3ccc(F)cc3)s2)cc1. The summed E-state index contributed by atoms with van der Waals surface area (Å²) >= 11 is 7.40. The normalized spacial score (nSPS) is 11.4. The van der Waals surface area contributed by atoms with Gasteiger partial charge in [0.15, 0.2) is 5.01 Å². The standard InChI is InChI=1S/C19H15ClFN3OS/c1-12-2-4-13(5-3-12)10-16(20)18-23-24-19(26-18)17(25)22-11-14-6-8-15(21)9-7-14/h2-10H,11H2,1H3,(H,22,25)/b16-10-. The number of halogens is 2. The first-order valence-corrected chi connectivity index (χ1v) is 9.01. The van der Waals surface area contributed by atoms with Crippen LogP contribution in [0.25, 0.3) is 11.1 Å². The van der Waals surface area contributed by atoms with Crippen molar-refractivity contribution in [3.05, 3.63) is 81.1 Å². The van der Waals surface area contributed by atoms with Crippen molar-refractivity contribution in [2.75, 3.05) is 0 Å². The number of amides is 1. The molecule has 3 aromatic rings. The second-order valence-electron chi connectivity index (χ2n) is 5.62. The van der Waals surface area contributed by atoms with Gasteiger partial charge in [-0.3, -0.25) is 4.79 Å². The Kier molecular flexibility index (Phi) is 5.75. The van der Waals surface area contributed by atoms with Crippen LogP contribution >= 0.6 is 22.9 Å². The van der Waals surface area contributed by atoms with Crippen LogP contribution in [-0.4, -0.2) is 16.1 Å². The van der Waals surface area contributed by atoms with Gasteiger partial charge in [-0.15, -0.1) is 10.2 Å². The Balaban J connectivity index is 1.65. The summed E-state index contributed by atoms with van der Waals surface area (Å²) in [4.78, 5) is 12.2. The highest BCUT2D eigenvalue weighted by Crippen LogP contribution is 2.25. The van der Waals surface area contributed by atoms with E-state index in [0.29, 0.717) is 10.0 Å². The molecule has 4 nitrogen and oxygen atoms in total. The van der Waals surface area contributed by atoms with Crippen LogP contribution in [0.2, 0.25) is 0 Å². The van der Waals surface area contributed by atoms with Crippen molar-refractivity contribution in [2.24, 2.45) is 0 Å². The van der Waals surface area contributed by atoms with E-state index in [0.717, 1.165) is 28.0 Å². The Morgan fingerprint density at radius 1 is 1.12 bits per heavy atom. The zero-order valence-corrected chi connectivity index (χ0v) is 15.4. The summed E-state index contributed by atoms with van der Waals surface area (Å²) in [5.74, 6) is -0.665. The highest BCUT2D eigenvalue weighted by molar-refractivity contribution is 7.15. The van der Waals surface area contributed by atoms with E-state index in [1.165, 1.54) is 12.1 Å². The Morgan fingerprint density at radius 3 is 2.46 bits per heavy atom. The van der Waals surface area contributed by atoms with Gasteiger partial charge in [0.25, 0.3) is 5.91 Å². The lowest BCUT2D eigenvalue weighted by Crippen LogP contribution is -2.22. The summed E-state index contributed by atoms with van der Waals surface area (Å²) < 4.78 is 12.9. The predicted molar refractivity (Wildman–Crippen MR) is 102 cm³/mol. The number of nitrogens with zero attached hydrogens (tertiary/aromatic N) is 2. The third kappa shape index (κ3) is 4.74. The van der Waals surface area contributed by atoms with Crippen LogP contribution in [0.3, 0.4) is 0 Å². The first kappa shape index (κ1) is 18.2. The first-order valence-electron chi connectivity index (χ1n) is 7.81. The lowest BCUT2D eigenvalue weighted by atomic mass is 10.1. The van der Waals surface area contributed by atoms with Gasteiger partial charge >= 0.3 is 0 Å². The van der Waals surface area contributed by atoms with Crippen molar-refractivity contribution in [3.63, 3.8) is 0 Å². The predicted octanol–water partition coefficient (Wildman–Crippen LogP) is 4.65. The van der Waals surface area contributed by atoms with Gasteiger partial charge in [0, 0.05) is 6.54 Å². The molecule has 3 rings (SSSR count). The summed E-state index contributed by atoms with van der Waals surface area (Å²) in [6.07, 6.45) is 1.78. The molecule has 1 aromatic heterocycles. The van der Waals surface area contributed by atoms with Gasteiger partial charge in [-0.1, -0.05) is 64.9 Å². The molecule has 0 bridgehead atoms. The lowest BCUT2D eigenvalue weighted by molar-refractivity contribution is 0.0950. The van der Waals surface area contributed by atoms with Crippen molar-refractivity contribution in [1.29, 1.82) is 0 Å². The minimum Gasteiger partial charge on any atom is -0.346 e. The van der Waals surface area contributed by atoms with Crippen LogP contribution in [0, 0.1) is 12.7 Å². The highest BCUT2D eigenvalue weighted by Gasteiger charge is 2.14. The summed E-state index contributed by atoms with van der Waals surface area (Å²) in [6, 6.07) is 13.8. The molecule has 0 aliphatic carbocycles. The molecule has 1 N–H and O–H groups in total. The van der Waals surface area contributed by atoms with Gasteiger partial charge in [0.2, 0.25) is 5.01 Å². The van der Waals surface area contributed by atoms with E-state index in [1.807, 2.05) is 31.2 Å². The van der Waals surface area contributed by atoms with Crippen LogP contribution in [-0.2, 0) is 6.54 Å². The average Bonchev–Trinajstić information content (AvgIpc) is 3.13. The van der Waals surface area contributed by atoms with E-state index in [9.17, 15) is 9.18 Å². The maximum Gasteiger partial charge on any atom is 0.282 e. The van der Waals surface area contributed by atoms with Gasteiger partial charge in [-0.2, -0.15) is 0 Å². The minimum atomic E-state index is -0.349. The second-order valence-corrected chi connectivity index (χ2v) is 7.01. The number of hydrogen-bond donors (Lipinski definition) is 1. The number of benzene rings is 2.